The molecule has 84 valence electrons. The van der Waals surface area contributed by atoms with E-state index in [0.717, 1.165) is 12.8 Å². The van der Waals surface area contributed by atoms with E-state index in [4.69, 9.17) is 4.74 Å². The highest BCUT2D eigenvalue weighted by Gasteiger charge is 2.48. The summed E-state index contributed by atoms with van der Waals surface area (Å²) in [6.45, 7) is 6.45. The highest BCUT2D eigenvalue weighted by atomic mass is 16.6. The number of hydrogen-bond donors (Lipinski definition) is 0. The fraction of sp³-hybridized carbons (Fsp3) is 0.818. The van der Waals surface area contributed by atoms with Gasteiger partial charge in [-0.05, 0) is 12.8 Å². The topological polar surface area (TPSA) is 46.6 Å². The molecule has 0 aromatic heterocycles. The smallest absolute Gasteiger partial charge is 0.329 e. The predicted octanol–water partition coefficient (Wildman–Crippen LogP) is 0.949. The maximum Gasteiger partial charge on any atom is 0.329 e. The molecule has 4 heteroatoms. The molecule has 0 saturated carbocycles. The molecule has 2 atom stereocenters. The van der Waals surface area contributed by atoms with Gasteiger partial charge in [0.05, 0.1) is 0 Å². The third-order valence-electron chi connectivity index (χ3n) is 3.05. The highest BCUT2D eigenvalue weighted by Crippen LogP contribution is 2.32. The van der Waals surface area contributed by atoms with Crippen molar-refractivity contribution in [3.05, 3.63) is 0 Å². The predicted molar refractivity (Wildman–Crippen MR) is 54.1 cm³/mol. The second kappa shape index (κ2) is 3.22. The molecule has 0 radical (unpaired) electrons. The number of ether oxygens (including phenoxy) is 1. The molecule has 0 aromatic rings. The lowest BCUT2D eigenvalue weighted by atomic mass is 9.87. The molecule has 0 bridgehead atoms. The molecular weight excluding hydrogens is 194 g/mol. The van der Waals surface area contributed by atoms with Gasteiger partial charge in [-0.2, -0.15) is 0 Å². The van der Waals surface area contributed by atoms with Crippen molar-refractivity contribution in [2.24, 2.45) is 5.41 Å². The van der Waals surface area contributed by atoms with Crippen molar-refractivity contribution in [3.8, 4) is 0 Å². The van der Waals surface area contributed by atoms with Crippen molar-refractivity contribution in [1.82, 2.24) is 4.90 Å². The molecule has 2 saturated heterocycles. The van der Waals surface area contributed by atoms with Gasteiger partial charge in [0.25, 0.3) is 5.91 Å². The van der Waals surface area contributed by atoms with Crippen LogP contribution in [-0.4, -0.2) is 35.5 Å². The third-order valence-corrected chi connectivity index (χ3v) is 3.05. The van der Waals surface area contributed by atoms with Gasteiger partial charge in [0, 0.05) is 12.0 Å². The van der Waals surface area contributed by atoms with Crippen molar-refractivity contribution < 1.29 is 14.3 Å². The number of carbonyl (C=O) groups is 2. The molecule has 0 N–H and O–H groups in total. The summed E-state index contributed by atoms with van der Waals surface area (Å²) in [5.74, 6) is -0.253. The maximum atomic E-state index is 12.0. The number of esters is 1. The summed E-state index contributed by atoms with van der Waals surface area (Å²) in [6.07, 6.45) is 1.04. The fourth-order valence-electron chi connectivity index (χ4n) is 2.22. The van der Waals surface area contributed by atoms with Crippen LogP contribution in [0.4, 0.5) is 0 Å². The summed E-state index contributed by atoms with van der Waals surface area (Å²) < 4.78 is 5.25. The summed E-state index contributed by atoms with van der Waals surface area (Å²) in [5.41, 5.74) is -0.319. The lowest BCUT2D eigenvalue weighted by Gasteiger charge is -2.39. The Morgan fingerprint density at radius 2 is 2.00 bits per heavy atom. The molecular formula is C11H17NO3. The molecule has 2 heterocycles. The summed E-state index contributed by atoms with van der Waals surface area (Å²) in [7, 11) is 0. The molecule has 0 spiro atoms. The summed E-state index contributed by atoms with van der Waals surface area (Å²) in [5, 5.41) is 0. The quantitative estimate of drug-likeness (QED) is 0.560. The normalized spacial score (nSPS) is 31.5. The number of rotatable bonds is 0. The standard InChI is InChI=1S/C11H17NO3/c1-11(2,3)8-9(13)12-6-4-5-7(12)10(14)15-8/h7-8H,4-6H2,1-3H3/t7-,8+/m0/s1. The van der Waals surface area contributed by atoms with Crippen LogP contribution in [0.2, 0.25) is 0 Å². The zero-order chi connectivity index (χ0) is 11.2. The van der Waals surface area contributed by atoms with Crippen LogP contribution in [0.3, 0.4) is 0 Å². The van der Waals surface area contributed by atoms with Crippen LogP contribution in [0.25, 0.3) is 0 Å². The van der Waals surface area contributed by atoms with Crippen molar-refractivity contribution in [2.75, 3.05) is 6.54 Å². The van der Waals surface area contributed by atoms with E-state index in [2.05, 4.69) is 0 Å². The van der Waals surface area contributed by atoms with E-state index < -0.39 is 6.10 Å². The minimum absolute atomic E-state index is 0.0235. The van der Waals surface area contributed by atoms with E-state index in [-0.39, 0.29) is 23.3 Å². The number of amides is 1. The summed E-state index contributed by atoms with van der Waals surface area (Å²) >= 11 is 0. The van der Waals surface area contributed by atoms with E-state index >= 15 is 0 Å². The van der Waals surface area contributed by atoms with Crippen LogP contribution in [0, 0.1) is 5.41 Å². The Bertz CT molecular complexity index is 305. The molecule has 0 aliphatic carbocycles. The number of hydrogen-bond acceptors (Lipinski definition) is 3. The number of nitrogens with zero attached hydrogens (tertiary/aromatic N) is 1. The van der Waals surface area contributed by atoms with Gasteiger partial charge in [0.2, 0.25) is 0 Å². The Labute approximate surface area is 89.6 Å². The first-order valence-corrected chi connectivity index (χ1v) is 5.42. The average molecular weight is 211 g/mol. The monoisotopic (exact) mass is 211 g/mol. The molecule has 4 nitrogen and oxygen atoms in total. The van der Waals surface area contributed by atoms with Gasteiger partial charge in [0.15, 0.2) is 6.10 Å². The van der Waals surface area contributed by atoms with Crippen molar-refractivity contribution in [1.29, 1.82) is 0 Å². The van der Waals surface area contributed by atoms with Crippen LogP contribution in [-0.2, 0) is 14.3 Å². The molecule has 2 fully saturated rings. The highest BCUT2D eigenvalue weighted by molar-refractivity contribution is 5.93. The number of morpholine rings is 1. The maximum absolute atomic E-state index is 12.0. The first-order chi connectivity index (χ1) is 6.91. The van der Waals surface area contributed by atoms with Gasteiger partial charge in [-0.3, -0.25) is 4.79 Å². The largest absolute Gasteiger partial charge is 0.450 e. The van der Waals surface area contributed by atoms with E-state index in [0.29, 0.717) is 6.54 Å². The van der Waals surface area contributed by atoms with Crippen LogP contribution >= 0.6 is 0 Å². The van der Waals surface area contributed by atoms with Gasteiger partial charge in [-0.25, -0.2) is 4.79 Å². The molecule has 2 aliphatic heterocycles. The molecule has 1 amide bonds. The number of cyclic esters (lactones) is 1. The zero-order valence-electron chi connectivity index (χ0n) is 9.45. The van der Waals surface area contributed by atoms with Gasteiger partial charge in [-0.15, -0.1) is 0 Å². The number of carbonyl (C=O) groups excluding carboxylic acids is 2. The fourth-order valence-corrected chi connectivity index (χ4v) is 2.22. The molecule has 0 aromatic carbocycles. The van der Waals surface area contributed by atoms with Crippen LogP contribution in [0.15, 0.2) is 0 Å². The van der Waals surface area contributed by atoms with Crippen LogP contribution in [0.1, 0.15) is 33.6 Å². The lowest BCUT2D eigenvalue weighted by molar-refractivity contribution is -0.183. The number of fused-ring (bicyclic) bond motifs is 1. The van der Waals surface area contributed by atoms with Gasteiger partial charge in [-0.1, -0.05) is 20.8 Å². The van der Waals surface area contributed by atoms with E-state index in [1.54, 1.807) is 4.90 Å². The second-order valence-electron chi connectivity index (χ2n) is 5.37. The first kappa shape index (κ1) is 10.5. The minimum Gasteiger partial charge on any atom is -0.450 e. The van der Waals surface area contributed by atoms with E-state index in [1.165, 1.54) is 0 Å². The Hall–Kier alpha value is -1.06. The average Bonchev–Trinajstić information content (AvgIpc) is 2.58. The molecule has 15 heavy (non-hydrogen) atoms. The molecule has 0 unspecified atom stereocenters. The van der Waals surface area contributed by atoms with Gasteiger partial charge >= 0.3 is 5.97 Å². The van der Waals surface area contributed by atoms with Crippen LogP contribution < -0.4 is 0 Å². The summed E-state index contributed by atoms with van der Waals surface area (Å²) in [4.78, 5) is 25.4. The minimum atomic E-state index is -0.612. The lowest BCUT2D eigenvalue weighted by Crippen LogP contribution is -2.57. The van der Waals surface area contributed by atoms with Crippen molar-refractivity contribution in [2.45, 2.75) is 45.8 Å². The Morgan fingerprint density at radius 3 is 2.60 bits per heavy atom. The van der Waals surface area contributed by atoms with E-state index in [9.17, 15) is 9.59 Å². The van der Waals surface area contributed by atoms with Gasteiger partial charge < -0.3 is 9.64 Å². The molecule has 2 aliphatic rings. The zero-order valence-corrected chi connectivity index (χ0v) is 9.45. The molecule has 2 rings (SSSR count). The summed E-state index contributed by atoms with van der Waals surface area (Å²) in [6, 6.07) is -0.309. The third kappa shape index (κ3) is 1.62. The van der Waals surface area contributed by atoms with E-state index in [1.807, 2.05) is 20.8 Å². The second-order valence-corrected chi connectivity index (χ2v) is 5.37. The Morgan fingerprint density at radius 1 is 1.33 bits per heavy atom. The SMILES string of the molecule is CC(C)(C)[C@@H]1OC(=O)[C@@H]2CCCN2C1=O. The van der Waals surface area contributed by atoms with Crippen molar-refractivity contribution >= 4 is 11.9 Å². The van der Waals surface area contributed by atoms with Gasteiger partial charge in [0.1, 0.15) is 6.04 Å². The Balaban J connectivity index is 2.25. The van der Waals surface area contributed by atoms with Crippen molar-refractivity contribution in [3.63, 3.8) is 0 Å². The first-order valence-electron chi connectivity index (χ1n) is 5.42. The van der Waals surface area contributed by atoms with Crippen LogP contribution in [0.5, 0.6) is 0 Å². The Kier molecular flexibility index (Phi) is 2.24.